The average molecular weight is 138 g/mol. The summed E-state index contributed by atoms with van der Waals surface area (Å²) in [6.07, 6.45) is 3.98. The third-order valence-corrected chi connectivity index (χ3v) is 3.26. The molecular formula is C10H18. The SMILES string of the molecule is C=C1CCCC(C)C1(C)C. The molecule has 0 aromatic rings. The zero-order valence-electron chi connectivity index (χ0n) is 7.41. The van der Waals surface area contributed by atoms with Crippen molar-refractivity contribution in [3.63, 3.8) is 0 Å². The van der Waals surface area contributed by atoms with Gasteiger partial charge >= 0.3 is 0 Å². The monoisotopic (exact) mass is 138 g/mol. The molecule has 0 heterocycles. The fourth-order valence-corrected chi connectivity index (χ4v) is 1.65. The number of allylic oxidation sites excluding steroid dienone is 1. The van der Waals surface area contributed by atoms with E-state index in [2.05, 4.69) is 27.4 Å². The molecule has 0 saturated heterocycles. The van der Waals surface area contributed by atoms with E-state index in [9.17, 15) is 0 Å². The molecule has 1 saturated carbocycles. The molecule has 0 aromatic heterocycles. The molecule has 0 spiro atoms. The van der Waals surface area contributed by atoms with E-state index in [-0.39, 0.29) is 0 Å². The van der Waals surface area contributed by atoms with E-state index in [0.29, 0.717) is 5.41 Å². The van der Waals surface area contributed by atoms with Gasteiger partial charge in [-0.1, -0.05) is 32.9 Å². The maximum atomic E-state index is 4.12. The van der Waals surface area contributed by atoms with Gasteiger partial charge in [-0.05, 0) is 30.6 Å². The molecule has 0 amide bonds. The Bertz CT molecular complexity index is 142. The Morgan fingerprint density at radius 3 is 2.50 bits per heavy atom. The van der Waals surface area contributed by atoms with Crippen LogP contribution in [0.5, 0.6) is 0 Å². The van der Waals surface area contributed by atoms with Crippen LogP contribution >= 0.6 is 0 Å². The summed E-state index contributed by atoms with van der Waals surface area (Å²) in [6.45, 7) is 11.1. The fraction of sp³-hybridized carbons (Fsp3) is 0.800. The predicted octanol–water partition coefficient (Wildman–Crippen LogP) is 3.39. The molecule has 1 unspecified atom stereocenters. The van der Waals surface area contributed by atoms with Crippen molar-refractivity contribution in [2.24, 2.45) is 11.3 Å². The summed E-state index contributed by atoms with van der Waals surface area (Å²) in [5.74, 6) is 0.828. The van der Waals surface area contributed by atoms with Crippen molar-refractivity contribution >= 4 is 0 Å². The van der Waals surface area contributed by atoms with Crippen LogP contribution in [-0.4, -0.2) is 0 Å². The van der Waals surface area contributed by atoms with Crippen molar-refractivity contribution in [2.45, 2.75) is 40.0 Å². The zero-order valence-corrected chi connectivity index (χ0v) is 7.41. The van der Waals surface area contributed by atoms with Crippen LogP contribution in [0.1, 0.15) is 40.0 Å². The molecule has 0 aromatic carbocycles. The van der Waals surface area contributed by atoms with Crippen LogP contribution in [0, 0.1) is 11.3 Å². The highest BCUT2D eigenvalue weighted by Gasteiger charge is 2.31. The van der Waals surface area contributed by atoms with Gasteiger partial charge in [-0.2, -0.15) is 0 Å². The van der Waals surface area contributed by atoms with Crippen molar-refractivity contribution in [1.29, 1.82) is 0 Å². The zero-order chi connectivity index (χ0) is 7.78. The van der Waals surface area contributed by atoms with Gasteiger partial charge < -0.3 is 0 Å². The highest BCUT2D eigenvalue weighted by atomic mass is 14.4. The van der Waals surface area contributed by atoms with Crippen LogP contribution in [0.2, 0.25) is 0 Å². The lowest BCUT2D eigenvalue weighted by molar-refractivity contribution is 0.227. The largest absolute Gasteiger partial charge is 0.0993 e. The molecule has 0 aliphatic heterocycles. The molecule has 1 fully saturated rings. The van der Waals surface area contributed by atoms with E-state index in [4.69, 9.17) is 0 Å². The lowest BCUT2D eigenvalue weighted by Gasteiger charge is -2.38. The van der Waals surface area contributed by atoms with Gasteiger partial charge in [0, 0.05) is 0 Å². The summed E-state index contributed by atoms with van der Waals surface area (Å²) in [4.78, 5) is 0. The Morgan fingerprint density at radius 2 is 2.10 bits per heavy atom. The molecule has 1 aliphatic carbocycles. The minimum absolute atomic E-state index is 0.401. The number of hydrogen-bond donors (Lipinski definition) is 0. The minimum Gasteiger partial charge on any atom is -0.0993 e. The van der Waals surface area contributed by atoms with Gasteiger partial charge in [0.05, 0.1) is 0 Å². The van der Waals surface area contributed by atoms with Gasteiger partial charge in [0.2, 0.25) is 0 Å². The van der Waals surface area contributed by atoms with Crippen molar-refractivity contribution in [3.8, 4) is 0 Å². The van der Waals surface area contributed by atoms with Crippen molar-refractivity contribution in [1.82, 2.24) is 0 Å². The summed E-state index contributed by atoms with van der Waals surface area (Å²) in [7, 11) is 0. The van der Waals surface area contributed by atoms with Crippen LogP contribution < -0.4 is 0 Å². The molecular weight excluding hydrogens is 120 g/mol. The third kappa shape index (κ3) is 1.12. The van der Waals surface area contributed by atoms with E-state index < -0.39 is 0 Å². The van der Waals surface area contributed by atoms with Gasteiger partial charge in [-0.25, -0.2) is 0 Å². The van der Waals surface area contributed by atoms with Crippen LogP contribution in [0.4, 0.5) is 0 Å². The molecule has 58 valence electrons. The second-order valence-electron chi connectivity index (χ2n) is 4.12. The highest BCUT2D eigenvalue weighted by Crippen LogP contribution is 2.43. The third-order valence-electron chi connectivity index (χ3n) is 3.26. The molecule has 0 heteroatoms. The van der Waals surface area contributed by atoms with E-state index in [1.165, 1.54) is 24.8 Å². The first-order chi connectivity index (χ1) is 4.55. The van der Waals surface area contributed by atoms with Crippen LogP contribution in [0.15, 0.2) is 12.2 Å². The first-order valence-corrected chi connectivity index (χ1v) is 4.23. The van der Waals surface area contributed by atoms with Gasteiger partial charge in [-0.15, -0.1) is 0 Å². The van der Waals surface area contributed by atoms with Gasteiger partial charge in [0.1, 0.15) is 0 Å². The summed E-state index contributed by atoms with van der Waals surface area (Å²) in [5, 5.41) is 0. The molecule has 0 bridgehead atoms. The smallest absolute Gasteiger partial charge is 0.0122 e. The highest BCUT2D eigenvalue weighted by molar-refractivity contribution is 5.11. The summed E-state index contributed by atoms with van der Waals surface area (Å²) >= 11 is 0. The molecule has 0 N–H and O–H groups in total. The van der Waals surface area contributed by atoms with Crippen molar-refractivity contribution in [3.05, 3.63) is 12.2 Å². The topological polar surface area (TPSA) is 0 Å². The Labute approximate surface area is 64.3 Å². The molecule has 10 heavy (non-hydrogen) atoms. The van der Waals surface area contributed by atoms with Gasteiger partial charge in [-0.3, -0.25) is 0 Å². The Hall–Kier alpha value is -0.260. The van der Waals surface area contributed by atoms with Crippen LogP contribution in [0.25, 0.3) is 0 Å². The van der Waals surface area contributed by atoms with Crippen LogP contribution in [-0.2, 0) is 0 Å². The fourth-order valence-electron chi connectivity index (χ4n) is 1.65. The first-order valence-electron chi connectivity index (χ1n) is 4.23. The van der Waals surface area contributed by atoms with Crippen LogP contribution in [0.3, 0.4) is 0 Å². The molecule has 1 atom stereocenters. The minimum atomic E-state index is 0.401. The second-order valence-corrected chi connectivity index (χ2v) is 4.12. The van der Waals surface area contributed by atoms with Gasteiger partial charge in [0.25, 0.3) is 0 Å². The second kappa shape index (κ2) is 2.41. The van der Waals surface area contributed by atoms with E-state index in [1.807, 2.05) is 0 Å². The first kappa shape index (κ1) is 7.84. The molecule has 0 nitrogen and oxygen atoms in total. The van der Waals surface area contributed by atoms with Gasteiger partial charge in [0.15, 0.2) is 0 Å². The van der Waals surface area contributed by atoms with Crippen molar-refractivity contribution in [2.75, 3.05) is 0 Å². The average Bonchev–Trinajstić information content (AvgIpc) is 1.84. The molecule has 1 rings (SSSR count). The Morgan fingerprint density at radius 1 is 1.50 bits per heavy atom. The maximum Gasteiger partial charge on any atom is -0.0122 e. The molecule has 1 aliphatic rings. The Kier molecular flexibility index (Phi) is 1.89. The molecule has 0 radical (unpaired) electrons. The summed E-state index contributed by atoms with van der Waals surface area (Å²) < 4.78 is 0. The van der Waals surface area contributed by atoms with E-state index >= 15 is 0 Å². The Balaban J connectivity index is 2.73. The quantitative estimate of drug-likeness (QED) is 0.450. The standard InChI is InChI=1S/C10H18/c1-8-6-5-7-9(2)10(8,3)4/h9H,1,5-7H2,2-4H3. The van der Waals surface area contributed by atoms with Crippen molar-refractivity contribution < 1.29 is 0 Å². The summed E-state index contributed by atoms with van der Waals surface area (Å²) in [5.41, 5.74) is 1.85. The normalized spacial score (nSPS) is 32.3. The van der Waals surface area contributed by atoms with E-state index in [1.54, 1.807) is 0 Å². The lowest BCUT2D eigenvalue weighted by atomic mass is 9.67. The van der Waals surface area contributed by atoms with E-state index in [0.717, 1.165) is 5.92 Å². The lowest BCUT2D eigenvalue weighted by Crippen LogP contribution is -2.27. The number of rotatable bonds is 0. The summed E-state index contributed by atoms with van der Waals surface area (Å²) in [6, 6.07) is 0. The maximum absolute atomic E-state index is 4.12. The predicted molar refractivity (Wildman–Crippen MR) is 45.9 cm³/mol. The number of hydrogen-bond acceptors (Lipinski definition) is 0.